The van der Waals surface area contributed by atoms with Crippen LogP contribution in [0, 0.1) is 5.92 Å². The molecule has 2 unspecified atom stereocenters. The number of aliphatic hydroxyl groups excluding tert-OH is 1. The van der Waals surface area contributed by atoms with E-state index in [0.717, 1.165) is 50.5 Å². The van der Waals surface area contributed by atoms with Crippen molar-refractivity contribution in [3.63, 3.8) is 0 Å². The highest BCUT2D eigenvalue weighted by atomic mass is 16.3. The molecule has 1 aromatic rings. The van der Waals surface area contributed by atoms with Crippen LogP contribution in [0.25, 0.3) is 0 Å². The summed E-state index contributed by atoms with van der Waals surface area (Å²) in [5.41, 5.74) is 1.11. The number of aromatic nitrogens is 2. The minimum atomic E-state index is -0.186. The Balaban J connectivity index is 1.91. The Morgan fingerprint density at radius 2 is 2.16 bits per heavy atom. The van der Waals surface area contributed by atoms with E-state index in [1.54, 1.807) is 0 Å². The molecule has 106 valence electrons. The zero-order chi connectivity index (χ0) is 13.7. The number of aliphatic hydroxyl groups is 1. The van der Waals surface area contributed by atoms with E-state index in [-0.39, 0.29) is 12.0 Å². The van der Waals surface area contributed by atoms with Crippen LogP contribution in [0.15, 0.2) is 12.4 Å². The molecule has 2 rings (SSSR count). The summed E-state index contributed by atoms with van der Waals surface area (Å²) in [4.78, 5) is 11.0. The SMILES string of the molecule is CCCNCc1cnc(N2CCC(O)C(C)C2)nc1. The van der Waals surface area contributed by atoms with Gasteiger partial charge in [0.15, 0.2) is 0 Å². The lowest BCUT2D eigenvalue weighted by molar-refractivity contribution is 0.0966. The second-order valence-corrected chi connectivity index (χ2v) is 5.35. The quantitative estimate of drug-likeness (QED) is 0.782. The van der Waals surface area contributed by atoms with Crippen LogP contribution in [0.1, 0.15) is 32.3 Å². The van der Waals surface area contributed by atoms with E-state index < -0.39 is 0 Å². The number of nitrogens with one attached hydrogen (secondary N) is 1. The van der Waals surface area contributed by atoms with Gasteiger partial charge in [-0.25, -0.2) is 9.97 Å². The highest BCUT2D eigenvalue weighted by Gasteiger charge is 2.25. The summed E-state index contributed by atoms with van der Waals surface area (Å²) in [5.74, 6) is 1.06. The molecule has 1 aliphatic rings. The van der Waals surface area contributed by atoms with Gasteiger partial charge in [-0.1, -0.05) is 13.8 Å². The molecule has 0 amide bonds. The number of hydrogen-bond acceptors (Lipinski definition) is 5. The lowest BCUT2D eigenvalue weighted by Crippen LogP contribution is -2.42. The van der Waals surface area contributed by atoms with Crippen LogP contribution in [-0.2, 0) is 6.54 Å². The molecule has 1 fully saturated rings. The Morgan fingerprint density at radius 1 is 1.42 bits per heavy atom. The molecule has 5 nitrogen and oxygen atoms in total. The van der Waals surface area contributed by atoms with Gasteiger partial charge in [-0.15, -0.1) is 0 Å². The summed E-state index contributed by atoms with van der Waals surface area (Å²) in [6.07, 6.45) is 5.52. The average Bonchev–Trinajstić information content (AvgIpc) is 2.43. The van der Waals surface area contributed by atoms with Crippen LogP contribution in [0.5, 0.6) is 0 Å². The molecule has 1 aliphatic heterocycles. The molecule has 0 aromatic carbocycles. The fourth-order valence-corrected chi connectivity index (χ4v) is 2.33. The van der Waals surface area contributed by atoms with E-state index in [4.69, 9.17) is 0 Å². The highest BCUT2D eigenvalue weighted by molar-refractivity contribution is 5.31. The predicted molar refractivity (Wildman–Crippen MR) is 76.0 cm³/mol. The monoisotopic (exact) mass is 264 g/mol. The Hall–Kier alpha value is -1.20. The molecule has 19 heavy (non-hydrogen) atoms. The molecule has 2 atom stereocenters. The summed E-state index contributed by atoms with van der Waals surface area (Å²) in [6, 6.07) is 0. The summed E-state index contributed by atoms with van der Waals surface area (Å²) >= 11 is 0. The van der Waals surface area contributed by atoms with E-state index >= 15 is 0 Å². The number of rotatable bonds is 5. The van der Waals surface area contributed by atoms with Crippen molar-refractivity contribution in [3.8, 4) is 0 Å². The Kier molecular flexibility index (Phi) is 5.10. The van der Waals surface area contributed by atoms with E-state index in [0.29, 0.717) is 0 Å². The third kappa shape index (κ3) is 3.88. The third-order valence-electron chi connectivity index (χ3n) is 3.59. The van der Waals surface area contributed by atoms with Gasteiger partial charge < -0.3 is 15.3 Å². The minimum Gasteiger partial charge on any atom is -0.393 e. The van der Waals surface area contributed by atoms with Crippen LogP contribution in [0.3, 0.4) is 0 Å². The first kappa shape index (κ1) is 14.2. The summed E-state index contributed by atoms with van der Waals surface area (Å²) < 4.78 is 0. The van der Waals surface area contributed by atoms with Gasteiger partial charge in [-0.2, -0.15) is 0 Å². The Morgan fingerprint density at radius 3 is 2.79 bits per heavy atom. The van der Waals surface area contributed by atoms with Crippen LogP contribution in [0.2, 0.25) is 0 Å². The van der Waals surface area contributed by atoms with Gasteiger partial charge in [-0.05, 0) is 25.3 Å². The fourth-order valence-electron chi connectivity index (χ4n) is 2.33. The van der Waals surface area contributed by atoms with Gasteiger partial charge in [0.25, 0.3) is 0 Å². The maximum Gasteiger partial charge on any atom is 0.225 e. The zero-order valence-corrected chi connectivity index (χ0v) is 11.8. The fraction of sp³-hybridized carbons (Fsp3) is 0.714. The molecule has 5 heteroatoms. The molecular formula is C14H24N4O. The van der Waals surface area contributed by atoms with Crippen LogP contribution >= 0.6 is 0 Å². The molecule has 0 aliphatic carbocycles. The van der Waals surface area contributed by atoms with Crippen molar-refractivity contribution in [2.45, 2.75) is 39.3 Å². The molecule has 1 aromatic heterocycles. The lowest BCUT2D eigenvalue weighted by Gasteiger charge is -2.34. The number of nitrogens with zero attached hydrogens (tertiary/aromatic N) is 3. The van der Waals surface area contributed by atoms with Gasteiger partial charge >= 0.3 is 0 Å². The molecule has 0 bridgehead atoms. The van der Waals surface area contributed by atoms with Gasteiger partial charge in [0, 0.05) is 37.6 Å². The van der Waals surface area contributed by atoms with Crippen LogP contribution < -0.4 is 10.2 Å². The van der Waals surface area contributed by atoms with Crippen molar-refractivity contribution in [1.82, 2.24) is 15.3 Å². The normalized spacial score (nSPS) is 23.6. The third-order valence-corrected chi connectivity index (χ3v) is 3.59. The van der Waals surface area contributed by atoms with E-state index in [2.05, 4.69) is 34.0 Å². The van der Waals surface area contributed by atoms with Gasteiger partial charge in [0.1, 0.15) is 0 Å². The van der Waals surface area contributed by atoms with E-state index in [1.165, 1.54) is 0 Å². The second kappa shape index (κ2) is 6.82. The molecule has 2 heterocycles. The van der Waals surface area contributed by atoms with Crippen molar-refractivity contribution in [3.05, 3.63) is 18.0 Å². The minimum absolute atomic E-state index is 0.186. The first-order chi connectivity index (χ1) is 9.20. The Bertz CT molecular complexity index is 382. The van der Waals surface area contributed by atoms with Gasteiger partial charge in [0.05, 0.1) is 6.10 Å². The van der Waals surface area contributed by atoms with Crippen molar-refractivity contribution < 1.29 is 5.11 Å². The predicted octanol–water partition coefficient (Wildman–Crippen LogP) is 1.18. The summed E-state index contributed by atoms with van der Waals surface area (Å²) in [6.45, 7) is 7.72. The molecule has 0 radical (unpaired) electrons. The van der Waals surface area contributed by atoms with Crippen molar-refractivity contribution in [2.75, 3.05) is 24.5 Å². The second-order valence-electron chi connectivity index (χ2n) is 5.35. The van der Waals surface area contributed by atoms with Gasteiger partial charge in [-0.3, -0.25) is 0 Å². The van der Waals surface area contributed by atoms with E-state index in [9.17, 15) is 5.11 Å². The average molecular weight is 264 g/mol. The molecule has 0 saturated carbocycles. The Labute approximate surface area is 115 Å². The van der Waals surface area contributed by atoms with Crippen molar-refractivity contribution in [1.29, 1.82) is 0 Å². The maximum atomic E-state index is 9.73. The van der Waals surface area contributed by atoms with Crippen LogP contribution in [-0.4, -0.2) is 40.8 Å². The number of piperidine rings is 1. The standard InChI is InChI=1S/C14H24N4O/c1-3-5-15-7-12-8-16-14(17-9-12)18-6-4-13(19)11(2)10-18/h8-9,11,13,15,19H,3-7,10H2,1-2H3. The first-order valence-electron chi connectivity index (χ1n) is 7.15. The molecule has 2 N–H and O–H groups in total. The smallest absolute Gasteiger partial charge is 0.225 e. The zero-order valence-electron chi connectivity index (χ0n) is 11.8. The summed E-state index contributed by atoms with van der Waals surface area (Å²) in [5, 5.41) is 13.1. The van der Waals surface area contributed by atoms with E-state index in [1.807, 2.05) is 12.4 Å². The molecule has 0 spiro atoms. The first-order valence-corrected chi connectivity index (χ1v) is 7.15. The number of hydrogen-bond donors (Lipinski definition) is 2. The van der Waals surface area contributed by atoms with Crippen molar-refractivity contribution in [2.24, 2.45) is 5.92 Å². The van der Waals surface area contributed by atoms with Gasteiger partial charge in [0.2, 0.25) is 5.95 Å². The summed E-state index contributed by atoms with van der Waals surface area (Å²) in [7, 11) is 0. The largest absolute Gasteiger partial charge is 0.393 e. The maximum absolute atomic E-state index is 9.73. The molecule has 1 saturated heterocycles. The lowest BCUT2D eigenvalue weighted by atomic mass is 9.97. The molecular weight excluding hydrogens is 240 g/mol. The van der Waals surface area contributed by atoms with Crippen molar-refractivity contribution >= 4 is 5.95 Å². The van der Waals surface area contributed by atoms with Crippen LogP contribution in [0.4, 0.5) is 5.95 Å². The number of anilines is 1. The topological polar surface area (TPSA) is 61.3 Å². The highest BCUT2D eigenvalue weighted by Crippen LogP contribution is 2.20.